The fourth-order valence-corrected chi connectivity index (χ4v) is 3.02. The van der Waals surface area contributed by atoms with Crippen LogP contribution in [0.15, 0.2) is 12.1 Å². The maximum absolute atomic E-state index is 12.4. The van der Waals surface area contributed by atoms with E-state index in [9.17, 15) is 14.4 Å². The van der Waals surface area contributed by atoms with Gasteiger partial charge in [-0.05, 0) is 31.4 Å². The number of rotatable bonds is 7. The van der Waals surface area contributed by atoms with Crippen LogP contribution < -0.4 is 19.9 Å². The van der Waals surface area contributed by atoms with Crippen molar-refractivity contribution < 1.29 is 33.3 Å². The Morgan fingerprint density at radius 1 is 1.07 bits per heavy atom. The van der Waals surface area contributed by atoms with E-state index < -0.39 is 30.4 Å². The predicted molar refractivity (Wildman–Crippen MR) is 94.9 cm³/mol. The molecule has 1 aliphatic heterocycles. The number of carbonyl (C=O) groups is 3. The van der Waals surface area contributed by atoms with E-state index in [1.165, 1.54) is 38.4 Å². The monoisotopic (exact) mass is 380 g/mol. The summed E-state index contributed by atoms with van der Waals surface area (Å²) in [5, 5.41) is 0. The summed E-state index contributed by atoms with van der Waals surface area (Å²) in [6, 6.07) is 2.20. The molecule has 0 unspecified atom stereocenters. The lowest BCUT2D eigenvalue weighted by Gasteiger charge is -2.33. The minimum Gasteiger partial charge on any atom is -0.493 e. The van der Waals surface area contributed by atoms with Gasteiger partial charge in [0.2, 0.25) is 11.7 Å². The number of hydrogen-bond donors (Lipinski definition) is 1. The Bertz CT molecular complexity index is 695. The van der Waals surface area contributed by atoms with Crippen molar-refractivity contribution in [2.75, 3.05) is 34.5 Å². The van der Waals surface area contributed by atoms with Gasteiger partial charge in [0.05, 0.1) is 26.9 Å². The number of nitrogens with two attached hydrogens (primary N) is 1. The minimum absolute atomic E-state index is 0.141. The number of likely N-dealkylation sites (tertiary alicyclic amines) is 1. The maximum atomic E-state index is 12.4. The first-order valence-corrected chi connectivity index (χ1v) is 8.48. The van der Waals surface area contributed by atoms with E-state index in [0.717, 1.165) is 12.8 Å². The highest BCUT2D eigenvalue weighted by Gasteiger charge is 2.31. The molecular formula is C18H24N2O7. The number of piperidine rings is 1. The van der Waals surface area contributed by atoms with E-state index in [2.05, 4.69) is 0 Å². The third-order valence-corrected chi connectivity index (χ3v) is 4.38. The van der Waals surface area contributed by atoms with Crippen LogP contribution in [-0.4, -0.2) is 63.2 Å². The van der Waals surface area contributed by atoms with Crippen molar-refractivity contribution >= 4 is 17.8 Å². The van der Waals surface area contributed by atoms with Gasteiger partial charge in [0.1, 0.15) is 6.04 Å². The van der Waals surface area contributed by atoms with Gasteiger partial charge in [0, 0.05) is 6.54 Å². The molecule has 0 bridgehead atoms. The zero-order valence-electron chi connectivity index (χ0n) is 15.6. The van der Waals surface area contributed by atoms with Crippen LogP contribution >= 0.6 is 0 Å². The predicted octanol–water partition coefficient (Wildman–Crippen LogP) is 0.736. The van der Waals surface area contributed by atoms with Crippen molar-refractivity contribution in [2.24, 2.45) is 5.73 Å². The summed E-state index contributed by atoms with van der Waals surface area (Å²) in [6.45, 7) is -0.0759. The van der Waals surface area contributed by atoms with E-state index in [1.807, 2.05) is 0 Å². The van der Waals surface area contributed by atoms with Crippen LogP contribution in [0.2, 0.25) is 0 Å². The lowest BCUT2D eigenvalue weighted by atomic mass is 10.0. The average Bonchev–Trinajstić information content (AvgIpc) is 2.70. The van der Waals surface area contributed by atoms with Gasteiger partial charge in [-0.15, -0.1) is 0 Å². The molecule has 0 spiro atoms. The Labute approximate surface area is 157 Å². The topological polar surface area (TPSA) is 117 Å². The number of benzene rings is 1. The highest BCUT2D eigenvalue weighted by atomic mass is 16.5. The zero-order valence-corrected chi connectivity index (χ0v) is 15.6. The van der Waals surface area contributed by atoms with Crippen molar-refractivity contribution in [3.05, 3.63) is 17.7 Å². The van der Waals surface area contributed by atoms with Crippen LogP contribution in [-0.2, 0) is 14.3 Å². The molecule has 0 aliphatic carbocycles. The normalized spacial score (nSPS) is 16.4. The van der Waals surface area contributed by atoms with Crippen LogP contribution in [0, 0.1) is 0 Å². The molecule has 1 aliphatic rings. The number of nitrogens with zero attached hydrogens (tertiary/aromatic N) is 1. The van der Waals surface area contributed by atoms with Crippen molar-refractivity contribution in [3.8, 4) is 17.2 Å². The third-order valence-electron chi connectivity index (χ3n) is 4.38. The van der Waals surface area contributed by atoms with Crippen molar-refractivity contribution in [3.63, 3.8) is 0 Å². The smallest absolute Gasteiger partial charge is 0.338 e. The van der Waals surface area contributed by atoms with E-state index in [1.54, 1.807) is 0 Å². The SMILES string of the molecule is COc1cc(C(=O)OCC(=O)N2CCCC[C@H]2C(N)=O)cc(OC)c1OC. The molecule has 9 heteroatoms. The highest BCUT2D eigenvalue weighted by Crippen LogP contribution is 2.38. The summed E-state index contributed by atoms with van der Waals surface area (Å²) >= 11 is 0. The van der Waals surface area contributed by atoms with Gasteiger partial charge in [-0.1, -0.05) is 0 Å². The quantitative estimate of drug-likeness (QED) is 0.693. The molecular weight excluding hydrogens is 356 g/mol. The molecule has 1 aromatic carbocycles. The van der Waals surface area contributed by atoms with E-state index >= 15 is 0 Å². The van der Waals surface area contributed by atoms with Gasteiger partial charge >= 0.3 is 5.97 Å². The van der Waals surface area contributed by atoms with Crippen LogP contribution in [0.4, 0.5) is 0 Å². The van der Waals surface area contributed by atoms with E-state index in [-0.39, 0.29) is 5.56 Å². The highest BCUT2D eigenvalue weighted by molar-refractivity contribution is 5.93. The van der Waals surface area contributed by atoms with Crippen molar-refractivity contribution in [1.29, 1.82) is 0 Å². The first-order valence-electron chi connectivity index (χ1n) is 8.48. The van der Waals surface area contributed by atoms with Gasteiger partial charge < -0.3 is 29.6 Å². The van der Waals surface area contributed by atoms with Crippen LogP contribution in [0.1, 0.15) is 29.6 Å². The van der Waals surface area contributed by atoms with Crippen LogP contribution in [0.5, 0.6) is 17.2 Å². The number of methoxy groups -OCH3 is 3. The Hall–Kier alpha value is -2.97. The average molecular weight is 380 g/mol. The minimum atomic E-state index is -0.727. The number of amides is 2. The molecule has 2 amide bonds. The lowest BCUT2D eigenvalue weighted by Crippen LogP contribution is -2.51. The van der Waals surface area contributed by atoms with Gasteiger partial charge in [0.25, 0.3) is 5.91 Å². The summed E-state index contributed by atoms with van der Waals surface area (Å²) < 4.78 is 20.7. The lowest BCUT2D eigenvalue weighted by molar-refractivity contribution is -0.143. The molecule has 1 aromatic rings. The van der Waals surface area contributed by atoms with E-state index in [4.69, 9.17) is 24.7 Å². The van der Waals surface area contributed by atoms with E-state index in [0.29, 0.717) is 30.2 Å². The second-order valence-corrected chi connectivity index (χ2v) is 5.99. The van der Waals surface area contributed by atoms with Crippen LogP contribution in [0.25, 0.3) is 0 Å². The molecule has 1 saturated heterocycles. The largest absolute Gasteiger partial charge is 0.493 e. The standard InChI is InChI=1S/C18H24N2O7/c1-24-13-8-11(9-14(25-2)16(13)26-3)18(23)27-10-15(21)20-7-5-4-6-12(20)17(19)22/h8-9,12H,4-7,10H2,1-3H3,(H2,19,22)/t12-/m0/s1. The molecule has 0 saturated carbocycles. The summed E-state index contributed by atoms with van der Waals surface area (Å²) in [7, 11) is 4.30. The number of carbonyl (C=O) groups excluding carboxylic acids is 3. The molecule has 1 heterocycles. The first kappa shape index (κ1) is 20.3. The Morgan fingerprint density at radius 2 is 1.70 bits per heavy atom. The molecule has 9 nitrogen and oxygen atoms in total. The Kier molecular flexibility index (Phi) is 6.86. The second-order valence-electron chi connectivity index (χ2n) is 5.99. The van der Waals surface area contributed by atoms with Crippen molar-refractivity contribution in [1.82, 2.24) is 4.90 Å². The maximum Gasteiger partial charge on any atom is 0.338 e. The summed E-state index contributed by atoms with van der Waals surface area (Å²) in [5.41, 5.74) is 5.49. The van der Waals surface area contributed by atoms with Gasteiger partial charge in [-0.2, -0.15) is 0 Å². The summed E-state index contributed by atoms with van der Waals surface area (Å²) in [6.07, 6.45) is 2.11. The molecule has 2 rings (SSSR count). The Balaban J connectivity index is 2.09. The van der Waals surface area contributed by atoms with Crippen molar-refractivity contribution in [2.45, 2.75) is 25.3 Å². The summed E-state index contributed by atoms with van der Waals surface area (Å²) in [4.78, 5) is 37.6. The second kappa shape index (κ2) is 9.11. The third kappa shape index (κ3) is 4.60. The number of primary amides is 1. The fourth-order valence-electron chi connectivity index (χ4n) is 3.02. The molecule has 0 radical (unpaired) electrons. The fraction of sp³-hybridized carbons (Fsp3) is 0.500. The molecule has 0 aromatic heterocycles. The molecule has 1 fully saturated rings. The molecule has 27 heavy (non-hydrogen) atoms. The molecule has 1 atom stereocenters. The van der Waals surface area contributed by atoms with Gasteiger partial charge in [0.15, 0.2) is 18.1 Å². The number of hydrogen-bond acceptors (Lipinski definition) is 7. The molecule has 148 valence electrons. The zero-order chi connectivity index (χ0) is 20.0. The molecule has 2 N–H and O–H groups in total. The number of esters is 1. The number of ether oxygens (including phenoxy) is 4. The van der Waals surface area contributed by atoms with Gasteiger partial charge in [-0.25, -0.2) is 4.79 Å². The first-order chi connectivity index (χ1) is 12.9. The van der Waals surface area contributed by atoms with Gasteiger partial charge in [-0.3, -0.25) is 9.59 Å². The summed E-state index contributed by atoms with van der Waals surface area (Å²) in [5.74, 6) is -0.821. The Morgan fingerprint density at radius 3 is 2.22 bits per heavy atom. The van der Waals surface area contributed by atoms with Crippen LogP contribution in [0.3, 0.4) is 0 Å².